The predicted molar refractivity (Wildman–Crippen MR) is 45.0 cm³/mol. The van der Waals surface area contributed by atoms with Crippen LogP contribution in [0, 0.1) is 0 Å². The summed E-state index contributed by atoms with van der Waals surface area (Å²) in [5.74, 6) is 0. The fourth-order valence-corrected chi connectivity index (χ4v) is 1.34. The number of rotatable bonds is 1. The first kappa shape index (κ1) is 9.05. The molecular weight excluding hydrogens is 193 g/mol. The van der Waals surface area contributed by atoms with Crippen LogP contribution in [0.15, 0.2) is 30.6 Å². The van der Waals surface area contributed by atoms with E-state index in [9.17, 15) is 13.2 Å². The van der Waals surface area contributed by atoms with Crippen molar-refractivity contribution in [3.05, 3.63) is 36.2 Å². The molecule has 0 aliphatic heterocycles. The highest BCUT2D eigenvalue weighted by Gasteiger charge is 2.29. The van der Waals surface area contributed by atoms with E-state index >= 15 is 0 Å². The molecule has 0 aliphatic rings. The summed E-state index contributed by atoms with van der Waals surface area (Å²) in [7, 11) is 0. The summed E-state index contributed by atoms with van der Waals surface area (Å²) in [5.41, 5.74) is 0.711. The van der Waals surface area contributed by atoms with Gasteiger partial charge in [0.05, 0.1) is 18.1 Å². The monoisotopic (exact) mass is 200 g/mol. The molecular formula is C9H7F3N2. The fourth-order valence-electron chi connectivity index (χ4n) is 1.34. The fraction of sp³-hybridized carbons (Fsp3) is 0.222. The molecule has 2 aromatic rings. The lowest BCUT2D eigenvalue weighted by Crippen LogP contribution is -2.11. The van der Waals surface area contributed by atoms with E-state index in [1.54, 1.807) is 24.4 Å². The van der Waals surface area contributed by atoms with Crippen molar-refractivity contribution in [2.45, 2.75) is 12.6 Å². The summed E-state index contributed by atoms with van der Waals surface area (Å²) in [6.07, 6.45) is -2.24. The Morgan fingerprint density at radius 1 is 1.29 bits per heavy atom. The minimum atomic E-state index is -4.18. The maximum absolute atomic E-state index is 12.1. The van der Waals surface area contributed by atoms with Crippen molar-refractivity contribution in [3.8, 4) is 0 Å². The van der Waals surface area contributed by atoms with E-state index in [2.05, 4.69) is 5.10 Å². The van der Waals surface area contributed by atoms with E-state index < -0.39 is 12.6 Å². The standard InChI is InChI=1S/C9H7F3N2/c10-9(11,12)5-7-6-13-14-4-2-1-3-8(7)14/h1-4,6H,5H2. The zero-order chi connectivity index (χ0) is 10.2. The zero-order valence-electron chi connectivity index (χ0n) is 7.12. The number of fused-ring (bicyclic) bond motifs is 1. The lowest BCUT2D eigenvalue weighted by Gasteiger charge is -2.03. The molecule has 14 heavy (non-hydrogen) atoms. The van der Waals surface area contributed by atoms with Gasteiger partial charge in [-0.1, -0.05) is 6.07 Å². The summed E-state index contributed by atoms with van der Waals surface area (Å²) < 4.78 is 37.8. The highest BCUT2D eigenvalue weighted by Crippen LogP contribution is 2.23. The quantitative estimate of drug-likeness (QED) is 0.691. The van der Waals surface area contributed by atoms with Crippen LogP contribution in [0.5, 0.6) is 0 Å². The molecule has 0 atom stereocenters. The molecule has 2 heterocycles. The van der Waals surface area contributed by atoms with E-state index in [1.807, 2.05) is 0 Å². The normalized spacial score (nSPS) is 12.2. The SMILES string of the molecule is FC(F)(F)Cc1cnn2ccccc12. The molecule has 0 bridgehead atoms. The van der Waals surface area contributed by atoms with Crippen LogP contribution in [0.2, 0.25) is 0 Å². The molecule has 2 nitrogen and oxygen atoms in total. The van der Waals surface area contributed by atoms with E-state index in [4.69, 9.17) is 0 Å². The number of nitrogens with zero attached hydrogens (tertiary/aromatic N) is 2. The highest BCUT2D eigenvalue weighted by atomic mass is 19.4. The third-order valence-corrected chi connectivity index (χ3v) is 1.90. The molecule has 0 radical (unpaired) electrons. The van der Waals surface area contributed by atoms with E-state index in [1.165, 1.54) is 10.7 Å². The molecule has 0 saturated carbocycles. The average molecular weight is 200 g/mol. The van der Waals surface area contributed by atoms with Crippen molar-refractivity contribution < 1.29 is 13.2 Å². The molecule has 0 aliphatic carbocycles. The van der Waals surface area contributed by atoms with Crippen molar-refractivity contribution >= 4 is 5.52 Å². The van der Waals surface area contributed by atoms with E-state index in [0.717, 1.165) is 0 Å². The van der Waals surface area contributed by atoms with Crippen LogP contribution in [0.1, 0.15) is 5.56 Å². The Labute approximate surface area is 78.0 Å². The second-order valence-corrected chi connectivity index (χ2v) is 2.99. The van der Waals surface area contributed by atoms with Gasteiger partial charge in [0.1, 0.15) is 0 Å². The summed E-state index contributed by atoms with van der Waals surface area (Å²) >= 11 is 0. The Bertz CT molecular complexity index is 444. The minimum absolute atomic E-state index is 0.207. The molecule has 0 saturated heterocycles. The van der Waals surface area contributed by atoms with Crippen LogP contribution in [0.4, 0.5) is 13.2 Å². The topological polar surface area (TPSA) is 17.3 Å². The lowest BCUT2D eigenvalue weighted by molar-refractivity contribution is -0.127. The van der Waals surface area contributed by atoms with Crippen LogP contribution in [0.25, 0.3) is 5.52 Å². The van der Waals surface area contributed by atoms with Crippen molar-refractivity contribution in [3.63, 3.8) is 0 Å². The first-order valence-corrected chi connectivity index (χ1v) is 4.04. The van der Waals surface area contributed by atoms with Gasteiger partial charge in [-0.3, -0.25) is 0 Å². The number of hydrogen-bond donors (Lipinski definition) is 0. The highest BCUT2D eigenvalue weighted by molar-refractivity contribution is 5.53. The molecule has 74 valence electrons. The molecule has 0 amide bonds. The number of hydrogen-bond acceptors (Lipinski definition) is 1. The van der Waals surface area contributed by atoms with Gasteiger partial charge in [0, 0.05) is 11.8 Å². The largest absolute Gasteiger partial charge is 0.393 e. The van der Waals surface area contributed by atoms with Gasteiger partial charge in [0.15, 0.2) is 0 Å². The summed E-state index contributed by atoms with van der Waals surface area (Å²) in [4.78, 5) is 0. The predicted octanol–water partition coefficient (Wildman–Crippen LogP) is 2.44. The second-order valence-electron chi connectivity index (χ2n) is 2.99. The van der Waals surface area contributed by atoms with Gasteiger partial charge in [-0.2, -0.15) is 18.3 Å². The van der Waals surface area contributed by atoms with Crippen LogP contribution < -0.4 is 0 Å². The maximum Gasteiger partial charge on any atom is 0.393 e. The molecule has 0 N–H and O–H groups in total. The minimum Gasteiger partial charge on any atom is -0.241 e. The number of aromatic nitrogens is 2. The summed E-state index contributed by atoms with van der Waals surface area (Å²) in [6.45, 7) is 0. The maximum atomic E-state index is 12.1. The molecule has 5 heteroatoms. The third-order valence-electron chi connectivity index (χ3n) is 1.90. The lowest BCUT2D eigenvalue weighted by atomic mass is 10.2. The Kier molecular flexibility index (Phi) is 1.94. The third kappa shape index (κ3) is 1.71. The molecule has 2 rings (SSSR count). The van der Waals surface area contributed by atoms with Crippen LogP contribution in [-0.4, -0.2) is 15.8 Å². The zero-order valence-corrected chi connectivity index (χ0v) is 7.12. The van der Waals surface area contributed by atoms with Gasteiger partial charge in [-0.05, 0) is 12.1 Å². The van der Waals surface area contributed by atoms with Crippen molar-refractivity contribution in [2.24, 2.45) is 0 Å². The summed E-state index contributed by atoms with van der Waals surface area (Å²) in [6, 6.07) is 5.03. The molecule has 0 spiro atoms. The number of pyridine rings is 1. The van der Waals surface area contributed by atoms with Gasteiger partial charge in [0.25, 0.3) is 0 Å². The van der Waals surface area contributed by atoms with Gasteiger partial charge in [-0.25, -0.2) is 4.52 Å². The summed E-state index contributed by atoms with van der Waals surface area (Å²) in [5, 5.41) is 3.82. The van der Waals surface area contributed by atoms with E-state index in [-0.39, 0.29) is 5.56 Å². The van der Waals surface area contributed by atoms with Crippen LogP contribution in [-0.2, 0) is 6.42 Å². The molecule has 0 unspecified atom stereocenters. The van der Waals surface area contributed by atoms with Crippen LogP contribution >= 0.6 is 0 Å². The Morgan fingerprint density at radius 2 is 2.07 bits per heavy atom. The molecule has 0 fully saturated rings. The first-order valence-electron chi connectivity index (χ1n) is 4.04. The van der Waals surface area contributed by atoms with Crippen molar-refractivity contribution in [1.82, 2.24) is 9.61 Å². The van der Waals surface area contributed by atoms with Crippen molar-refractivity contribution in [2.75, 3.05) is 0 Å². The van der Waals surface area contributed by atoms with Gasteiger partial charge >= 0.3 is 6.18 Å². The smallest absolute Gasteiger partial charge is 0.241 e. The average Bonchev–Trinajstić information content (AvgIpc) is 2.47. The van der Waals surface area contributed by atoms with Gasteiger partial charge < -0.3 is 0 Å². The Hall–Kier alpha value is -1.52. The van der Waals surface area contributed by atoms with Crippen LogP contribution in [0.3, 0.4) is 0 Å². The van der Waals surface area contributed by atoms with Gasteiger partial charge in [-0.15, -0.1) is 0 Å². The Morgan fingerprint density at radius 3 is 2.79 bits per heavy atom. The number of alkyl halides is 3. The number of halogens is 3. The first-order chi connectivity index (χ1) is 6.56. The second kappa shape index (κ2) is 3.01. The molecule has 2 aromatic heterocycles. The van der Waals surface area contributed by atoms with E-state index in [0.29, 0.717) is 5.52 Å². The van der Waals surface area contributed by atoms with Gasteiger partial charge in [0.2, 0.25) is 0 Å². The van der Waals surface area contributed by atoms with Crippen molar-refractivity contribution in [1.29, 1.82) is 0 Å². The molecule has 0 aromatic carbocycles. The Balaban J connectivity index is 2.44.